The van der Waals surface area contributed by atoms with Crippen molar-refractivity contribution in [3.63, 3.8) is 0 Å². The average molecular weight is 504 g/mol. The fourth-order valence-electron chi connectivity index (χ4n) is 5.34. The second-order valence-electron chi connectivity index (χ2n) is 10.6. The summed E-state index contributed by atoms with van der Waals surface area (Å²) in [6.45, 7) is 9.31. The topological polar surface area (TPSA) is 81.5 Å². The third-order valence-electron chi connectivity index (χ3n) is 7.34. The predicted molar refractivity (Wildman–Crippen MR) is 143 cm³/mol. The lowest BCUT2D eigenvalue weighted by Gasteiger charge is -2.52. The SMILES string of the molecule is COc1cccc(-c2nc(-c3ccc(CCN4CC5(CCOCC5)C4)cc3)nn2CC(=O)NC(C)C)c1. The summed E-state index contributed by atoms with van der Waals surface area (Å²) in [7, 11) is 1.64. The first kappa shape index (κ1) is 25.4. The highest BCUT2D eigenvalue weighted by atomic mass is 16.5. The lowest BCUT2D eigenvalue weighted by molar-refractivity contribution is -0.122. The molecule has 2 fully saturated rings. The van der Waals surface area contributed by atoms with E-state index in [1.807, 2.05) is 38.1 Å². The number of rotatable bonds is 9. The number of nitrogens with one attached hydrogen (secondary N) is 1. The van der Waals surface area contributed by atoms with Crippen LogP contribution in [0.4, 0.5) is 0 Å². The molecule has 0 radical (unpaired) electrons. The van der Waals surface area contributed by atoms with Crippen molar-refractivity contribution in [1.82, 2.24) is 25.0 Å². The third kappa shape index (κ3) is 6.02. The Balaban J connectivity index is 1.28. The number of methoxy groups -OCH3 is 1. The first-order chi connectivity index (χ1) is 17.9. The van der Waals surface area contributed by atoms with Gasteiger partial charge in [-0.2, -0.15) is 0 Å². The van der Waals surface area contributed by atoms with E-state index in [1.165, 1.54) is 31.5 Å². The zero-order valence-electron chi connectivity index (χ0n) is 22.1. The average Bonchev–Trinajstić information content (AvgIpc) is 3.30. The van der Waals surface area contributed by atoms with Gasteiger partial charge in [0, 0.05) is 55.4 Å². The maximum atomic E-state index is 12.5. The molecule has 1 aromatic heterocycles. The van der Waals surface area contributed by atoms with Crippen molar-refractivity contribution < 1.29 is 14.3 Å². The number of benzene rings is 2. The van der Waals surface area contributed by atoms with E-state index >= 15 is 0 Å². The minimum atomic E-state index is -0.0977. The van der Waals surface area contributed by atoms with Crippen LogP contribution in [0.15, 0.2) is 48.5 Å². The molecule has 0 aliphatic carbocycles. The van der Waals surface area contributed by atoms with Gasteiger partial charge in [-0.05, 0) is 50.8 Å². The van der Waals surface area contributed by atoms with Crippen molar-refractivity contribution in [3.05, 3.63) is 54.1 Å². The van der Waals surface area contributed by atoms with Crippen molar-refractivity contribution >= 4 is 5.91 Å². The summed E-state index contributed by atoms with van der Waals surface area (Å²) in [5, 5.41) is 7.66. The van der Waals surface area contributed by atoms with Gasteiger partial charge in [-0.3, -0.25) is 4.79 Å². The van der Waals surface area contributed by atoms with Gasteiger partial charge in [-0.1, -0.05) is 36.4 Å². The Morgan fingerprint density at radius 3 is 2.57 bits per heavy atom. The molecule has 3 aromatic rings. The molecule has 8 nitrogen and oxygen atoms in total. The second kappa shape index (κ2) is 11.0. The van der Waals surface area contributed by atoms with Crippen molar-refractivity contribution in [3.8, 4) is 28.5 Å². The molecular formula is C29H37N5O3. The Hall–Kier alpha value is -3.23. The molecule has 1 amide bonds. The van der Waals surface area contributed by atoms with Gasteiger partial charge in [0.25, 0.3) is 0 Å². The molecular weight excluding hydrogens is 466 g/mol. The number of hydrogen-bond donors (Lipinski definition) is 1. The molecule has 3 heterocycles. The van der Waals surface area contributed by atoms with Crippen LogP contribution in [0, 0.1) is 5.41 Å². The Morgan fingerprint density at radius 2 is 1.86 bits per heavy atom. The Labute approximate surface area is 219 Å². The predicted octanol–water partition coefficient (Wildman–Crippen LogP) is 3.80. The Morgan fingerprint density at radius 1 is 1.11 bits per heavy atom. The molecule has 196 valence electrons. The van der Waals surface area contributed by atoms with Crippen LogP contribution in [-0.2, 0) is 22.5 Å². The number of hydrogen-bond acceptors (Lipinski definition) is 6. The number of aromatic nitrogens is 3. The summed E-state index contributed by atoms with van der Waals surface area (Å²) in [4.78, 5) is 19.9. The van der Waals surface area contributed by atoms with E-state index in [0.717, 1.165) is 43.1 Å². The Kier molecular flexibility index (Phi) is 7.58. The zero-order chi connectivity index (χ0) is 25.8. The normalized spacial score (nSPS) is 17.1. The van der Waals surface area contributed by atoms with Gasteiger partial charge in [0.05, 0.1) is 7.11 Å². The van der Waals surface area contributed by atoms with Crippen LogP contribution in [-0.4, -0.2) is 71.6 Å². The summed E-state index contributed by atoms with van der Waals surface area (Å²) in [6.07, 6.45) is 3.43. The fourth-order valence-corrected chi connectivity index (χ4v) is 5.34. The zero-order valence-corrected chi connectivity index (χ0v) is 22.1. The van der Waals surface area contributed by atoms with E-state index in [4.69, 9.17) is 19.6 Å². The molecule has 0 atom stereocenters. The quantitative estimate of drug-likeness (QED) is 0.478. The molecule has 1 N–H and O–H groups in total. The molecule has 2 saturated heterocycles. The smallest absolute Gasteiger partial charge is 0.242 e. The number of amides is 1. The fraction of sp³-hybridized carbons (Fsp3) is 0.483. The van der Waals surface area contributed by atoms with Crippen LogP contribution >= 0.6 is 0 Å². The lowest BCUT2D eigenvalue weighted by atomic mass is 9.73. The highest BCUT2D eigenvalue weighted by Crippen LogP contribution is 2.39. The maximum Gasteiger partial charge on any atom is 0.242 e. The van der Waals surface area contributed by atoms with E-state index in [1.54, 1.807) is 11.8 Å². The van der Waals surface area contributed by atoms with Crippen LogP contribution in [0.25, 0.3) is 22.8 Å². The lowest BCUT2D eigenvalue weighted by Crippen LogP contribution is -2.58. The van der Waals surface area contributed by atoms with Crippen LogP contribution in [0.1, 0.15) is 32.3 Å². The molecule has 0 bridgehead atoms. The number of ether oxygens (including phenoxy) is 2. The number of likely N-dealkylation sites (tertiary alicyclic amines) is 1. The van der Waals surface area contributed by atoms with E-state index in [-0.39, 0.29) is 18.5 Å². The molecule has 1 spiro atoms. The van der Waals surface area contributed by atoms with Crippen LogP contribution in [0.2, 0.25) is 0 Å². The van der Waals surface area contributed by atoms with Gasteiger partial charge in [0.2, 0.25) is 5.91 Å². The minimum absolute atomic E-state index is 0.0572. The highest BCUT2D eigenvalue weighted by Gasteiger charge is 2.43. The minimum Gasteiger partial charge on any atom is -0.497 e. The van der Waals surface area contributed by atoms with Crippen LogP contribution in [0.3, 0.4) is 0 Å². The molecule has 2 aromatic carbocycles. The van der Waals surface area contributed by atoms with E-state index in [2.05, 4.69) is 34.5 Å². The summed E-state index contributed by atoms with van der Waals surface area (Å²) in [6, 6.07) is 16.2. The molecule has 2 aliphatic heterocycles. The second-order valence-corrected chi connectivity index (χ2v) is 10.6. The standard InChI is InChI=1S/C29H37N5O3/c1-21(2)30-26(35)18-34-28(24-5-4-6-25(17-24)36-3)31-27(32-34)23-9-7-22(8-10-23)11-14-33-19-29(20-33)12-15-37-16-13-29/h4-10,17,21H,11-16,18-20H2,1-3H3,(H,30,35). The monoisotopic (exact) mass is 503 g/mol. The van der Waals surface area contributed by atoms with Crippen molar-refractivity contribution in [2.75, 3.05) is 40.0 Å². The highest BCUT2D eigenvalue weighted by molar-refractivity contribution is 5.77. The summed E-state index contributed by atoms with van der Waals surface area (Å²) in [5.74, 6) is 1.87. The van der Waals surface area contributed by atoms with E-state index in [9.17, 15) is 4.79 Å². The number of carbonyl (C=O) groups excluding carboxylic acids is 1. The van der Waals surface area contributed by atoms with Crippen molar-refractivity contribution in [1.29, 1.82) is 0 Å². The molecule has 8 heteroatoms. The largest absolute Gasteiger partial charge is 0.497 e. The first-order valence-electron chi connectivity index (χ1n) is 13.2. The van der Waals surface area contributed by atoms with Gasteiger partial charge >= 0.3 is 0 Å². The first-order valence-corrected chi connectivity index (χ1v) is 13.2. The van der Waals surface area contributed by atoms with E-state index < -0.39 is 0 Å². The van der Waals surface area contributed by atoms with Gasteiger partial charge in [-0.25, -0.2) is 9.67 Å². The third-order valence-corrected chi connectivity index (χ3v) is 7.34. The van der Waals surface area contributed by atoms with Crippen molar-refractivity contribution in [2.45, 2.75) is 45.7 Å². The van der Waals surface area contributed by atoms with Gasteiger partial charge in [0.15, 0.2) is 11.6 Å². The number of nitrogens with zero attached hydrogens (tertiary/aromatic N) is 4. The van der Waals surface area contributed by atoms with Gasteiger partial charge < -0.3 is 19.7 Å². The molecule has 5 rings (SSSR count). The van der Waals surface area contributed by atoms with Gasteiger partial charge in [-0.15, -0.1) is 5.10 Å². The summed E-state index contributed by atoms with van der Waals surface area (Å²) < 4.78 is 12.6. The van der Waals surface area contributed by atoms with Crippen LogP contribution in [0.5, 0.6) is 5.75 Å². The molecule has 0 saturated carbocycles. The molecule has 37 heavy (non-hydrogen) atoms. The van der Waals surface area contributed by atoms with E-state index in [0.29, 0.717) is 17.1 Å². The summed E-state index contributed by atoms with van der Waals surface area (Å²) in [5.41, 5.74) is 3.60. The summed E-state index contributed by atoms with van der Waals surface area (Å²) >= 11 is 0. The maximum absolute atomic E-state index is 12.5. The van der Waals surface area contributed by atoms with Gasteiger partial charge in [0.1, 0.15) is 12.3 Å². The number of carbonyl (C=O) groups is 1. The van der Waals surface area contributed by atoms with Crippen LogP contribution < -0.4 is 10.1 Å². The molecule has 0 unspecified atom stereocenters. The van der Waals surface area contributed by atoms with Crippen molar-refractivity contribution in [2.24, 2.45) is 5.41 Å². The Bertz CT molecular complexity index is 1210. The molecule has 2 aliphatic rings.